The molecule has 0 saturated carbocycles. The van der Waals surface area contributed by atoms with Gasteiger partial charge in [0.1, 0.15) is 12.7 Å². The molecule has 0 atom stereocenters. The number of aromatic nitrogens is 11. The lowest BCUT2D eigenvalue weighted by Gasteiger charge is -2.05. The summed E-state index contributed by atoms with van der Waals surface area (Å²) in [5.41, 5.74) is 5.99. The van der Waals surface area contributed by atoms with E-state index in [2.05, 4.69) is 60.1 Å². The lowest BCUT2D eigenvalue weighted by atomic mass is 10.1. The minimum absolute atomic E-state index is 0.589. The van der Waals surface area contributed by atoms with Crippen LogP contribution in [0, 0.1) is 6.92 Å². The Kier molecular flexibility index (Phi) is 3.78. The fourth-order valence-electron chi connectivity index (χ4n) is 3.55. The van der Waals surface area contributed by atoms with E-state index in [1.165, 1.54) is 11.1 Å². The van der Waals surface area contributed by atoms with Crippen molar-refractivity contribution < 1.29 is 0 Å². The van der Waals surface area contributed by atoms with Crippen molar-refractivity contribution in [2.45, 2.75) is 13.5 Å². The van der Waals surface area contributed by atoms with Gasteiger partial charge in [-0.1, -0.05) is 29.5 Å². The van der Waals surface area contributed by atoms with E-state index in [1.807, 2.05) is 40.8 Å². The maximum Gasteiger partial charge on any atom is 0.194 e. The van der Waals surface area contributed by atoms with Crippen LogP contribution in [0.3, 0.4) is 0 Å². The highest BCUT2D eigenvalue weighted by Crippen LogP contribution is 2.23. The summed E-state index contributed by atoms with van der Waals surface area (Å²) < 4.78 is 5.19. The van der Waals surface area contributed by atoms with E-state index in [0.717, 1.165) is 11.3 Å². The van der Waals surface area contributed by atoms with Crippen molar-refractivity contribution in [1.29, 1.82) is 0 Å². The summed E-state index contributed by atoms with van der Waals surface area (Å²) in [6.45, 7) is 2.67. The van der Waals surface area contributed by atoms with Gasteiger partial charge in [-0.3, -0.25) is 4.40 Å². The molecule has 4 heterocycles. The van der Waals surface area contributed by atoms with E-state index >= 15 is 0 Å². The number of hydrogen-bond donors (Lipinski definition) is 0. The normalized spacial score (nSPS) is 11.5. The van der Waals surface area contributed by atoms with Crippen LogP contribution in [0.15, 0.2) is 61.2 Å². The fourth-order valence-corrected chi connectivity index (χ4v) is 3.55. The first kappa shape index (κ1) is 17.3. The molecule has 0 bridgehead atoms. The van der Waals surface area contributed by atoms with Gasteiger partial charge in [-0.2, -0.15) is 0 Å². The number of fused-ring (bicyclic) bond motifs is 3. The topological polar surface area (TPSA) is 117 Å². The van der Waals surface area contributed by atoms with Gasteiger partial charge in [-0.05, 0) is 52.7 Å². The summed E-state index contributed by atoms with van der Waals surface area (Å²) in [6, 6.07) is 15.9. The molecule has 0 aliphatic carbocycles. The van der Waals surface area contributed by atoms with Crippen molar-refractivity contribution >= 4 is 16.8 Å². The maximum absolute atomic E-state index is 4.60. The van der Waals surface area contributed by atoms with Gasteiger partial charge in [0.2, 0.25) is 0 Å². The van der Waals surface area contributed by atoms with Gasteiger partial charge < -0.3 is 0 Å². The largest absolute Gasteiger partial charge is 0.263 e. The molecule has 0 N–H and O–H groups in total. The molecule has 0 aliphatic rings. The lowest BCUT2D eigenvalue weighted by Crippen LogP contribution is -2.04. The third-order valence-corrected chi connectivity index (χ3v) is 5.23. The molecule has 0 fully saturated rings. The van der Waals surface area contributed by atoms with Gasteiger partial charge in [0.15, 0.2) is 22.6 Å². The zero-order valence-electron chi connectivity index (χ0n) is 16.4. The Balaban J connectivity index is 1.39. The number of benzene rings is 2. The highest BCUT2D eigenvalue weighted by Gasteiger charge is 2.16. The van der Waals surface area contributed by atoms with Crippen LogP contribution in [0.1, 0.15) is 11.1 Å². The molecule has 0 aliphatic heterocycles. The van der Waals surface area contributed by atoms with Crippen LogP contribution in [0.4, 0.5) is 0 Å². The average Bonchev–Trinajstić information content (AvgIpc) is 3.55. The monoisotopic (exact) mass is 409 g/mol. The molecule has 6 rings (SSSR count). The van der Waals surface area contributed by atoms with Crippen molar-refractivity contribution in [3.8, 4) is 17.1 Å². The summed E-state index contributed by atoms with van der Waals surface area (Å²) in [4.78, 5) is 4.60. The predicted octanol–water partition coefficient (Wildman–Crippen LogP) is 1.87. The second-order valence-electron chi connectivity index (χ2n) is 7.11. The van der Waals surface area contributed by atoms with E-state index in [1.54, 1.807) is 22.0 Å². The Morgan fingerprint density at radius 2 is 1.71 bits per heavy atom. The SMILES string of the molecule is Cc1ccccc1Cn1nnc2c1ncn1c(-c3ccc(-n4cnnn4)cc3)nnc21. The quantitative estimate of drug-likeness (QED) is 0.433. The second kappa shape index (κ2) is 6.76. The number of aryl methyl sites for hydroxylation is 1. The number of tetrazole rings is 1. The Morgan fingerprint density at radius 1 is 0.839 bits per heavy atom. The van der Waals surface area contributed by atoms with Crippen molar-refractivity contribution in [2.24, 2.45) is 0 Å². The molecule has 0 saturated heterocycles. The van der Waals surface area contributed by atoms with Crippen molar-refractivity contribution in [2.75, 3.05) is 0 Å². The first-order valence-corrected chi connectivity index (χ1v) is 9.59. The highest BCUT2D eigenvalue weighted by atomic mass is 15.5. The number of nitrogens with zero attached hydrogens (tertiary/aromatic N) is 11. The summed E-state index contributed by atoms with van der Waals surface area (Å²) in [6.07, 6.45) is 3.25. The summed E-state index contributed by atoms with van der Waals surface area (Å²) >= 11 is 0. The van der Waals surface area contributed by atoms with E-state index in [9.17, 15) is 0 Å². The molecule has 11 heteroatoms. The van der Waals surface area contributed by atoms with Gasteiger partial charge in [0.25, 0.3) is 0 Å². The minimum atomic E-state index is 0.589. The predicted molar refractivity (Wildman–Crippen MR) is 110 cm³/mol. The fraction of sp³-hybridized carbons (Fsp3) is 0.100. The molecular formula is C20H15N11. The van der Waals surface area contributed by atoms with Crippen LogP contribution < -0.4 is 0 Å². The zero-order chi connectivity index (χ0) is 20.8. The van der Waals surface area contributed by atoms with E-state index in [-0.39, 0.29) is 0 Å². The van der Waals surface area contributed by atoms with Gasteiger partial charge in [0, 0.05) is 5.56 Å². The zero-order valence-corrected chi connectivity index (χ0v) is 16.4. The molecule has 31 heavy (non-hydrogen) atoms. The maximum atomic E-state index is 4.60. The molecule has 4 aromatic heterocycles. The Morgan fingerprint density at radius 3 is 2.52 bits per heavy atom. The molecule has 150 valence electrons. The van der Waals surface area contributed by atoms with Gasteiger partial charge >= 0.3 is 0 Å². The molecular weight excluding hydrogens is 394 g/mol. The van der Waals surface area contributed by atoms with Crippen molar-refractivity contribution in [3.05, 3.63) is 72.3 Å². The summed E-state index contributed by atoms with van der Waals surface area (Å²) in [5.74, 6) is 0.668. The Hall–Kier alpha value is -4.54. The molecule has 6 aromatic rings. The molecule has 11 nitrogen and oxygen atoms in total. The number of hydrogen-bond acceptors (Lipinski definition) is 8. The standard InChI is InChI=1S/C20H15N11/c1-13-4-2-3-5-15(13)10-30-19-17(23-27-30)20-25-24-18(29(20)11-21-19)14-6-8-16(9-7-14)31-12-22-26-28-31/h2-9,11-12H,10H2,1H3. The minimum Gasteiger partial charge on any atom is -0.263 e. The Labute approximate surface area is 175 Å². The molecule has 2 aromatic carbocycles. The van der Waals surface area contributed by atoms with Crippen LogP contribution in [-0.4, -0.2) is 54.8 Å². The highest BCUT2D eigenvalue weighted by molar-refractivity contribution is 5.85. The van der Waals surface area contributed by atoms with E-state index in [0.29, 0.717) is 29.2 Å². The van der Waals surface area contributed by atoms with Crippen LogP contribution in [-0.2, 0) is 6.54 Å². The van der Waals surface area contributed by atoms with E-state index < -0.39 is 0 Å². The summed E-state index contributed by atoms with van der Waals surface area (Å²) in [7, 11) is 0. The van der Waals surface area contributed by atoms with Gasteiger partial charge in [-0.25, -0.2) is 14.3 Å². The van der Waals surface area contributed by atoms with Gasteiger partial charge in [-0.15, -0.1) is 20.4 Å². The smallest absolute Gasteiger partial charge is 0.194 e. The molecule has 0 radical (unpaired) electrons. The number of rotatable bonds is 4. The summed E-state index contributed by atoms with van der Waals surface area (Å²) in [5, 5.41) is 28.6. The second-order valence-corrected chi connectivity index (χ2v) is 7.11. The van der Waals surface area contributed by atoms with E-state index in [4.69, 9.17) is 0 Å². The first-order valence-electron chi connectivity index (χ1n) is 9.59. The van der Waals surface area contributed by atoms with Crippen molar-refractivity contribution in [1.82, 2.24) is 54.8 Å². The third-order valence-electron chi connectivity index (χ3n) is 5.23. The van der Waals surface area contributed by atoms with Crippen molar-refractivity contribution in [3.63, 3.8) is 0 Å². The first-order chi connectivity index (χ1) is 15.3. The van der Waals surface area contributed by atoms with Crippen LogP contribution in [0.5, 0.6) is 0 Å². The third kappa shape index (κ3) is 2.82. The van der Waals surface area contributed by atoms with Gasteiger partial charge in [0.05, 0.1) is 12.2 Å². The van der Waals surface area contributed by atoms with Crippen LogP contribution >= 0.6 is 0 Å². The average molecular weight is 409 g/mol. The van der Waals surface area contributed by atoms with Crippen LogP contribution in [0.2, 0.25) is 0 Å². The van der Waals surface area contributed by atoms with Crippen LogP contribution in [0.25, 0.3) is 33.9 Å². The molecule has 0 unspecified atom stereocenters. The lowest BCUT2D eigenvalue weighted by molar-refractivity contribution is 0.661. The molecule has 0 spiro atoms. The molecule has 0 amide bonds. The Bertz CT molecular complexity index is 1510.